The molecule has 112 valence electrons. The molecule has 0 fully saturated rings. The maximum atomic E-state index is 11.6. The lowest BCUT2D eigenvalue weighted by molar-refractivity contribution is -0.139. The number of hydrogen-bond donors (Lipinski definition) is 3. The number of aromatic nitrogens is 3. The van der Waals surface area contributed by atoms with E-state index in [1.54, 1.807) is 28.8 Å². The van der Waals surface area contributed by atoms with Crippen molar-refractivity contribution in [2.24, 2.45) is 0 Å². The summed E-state index contributed by atoms with van der Waals surface area (Å²) in [5.74, 6) is -0.333. The number of carboxylic acid groups (broad SMARTS) is 1. The fourth-order valence-corrected chi connectivity index (χ4v) is 1.97. The highest BCUT2D eigenvalue weighted by Crippen LogP contribution is 2.00. The summed E-state index contributed by atoms with van der Waals surface area (Å²) < 4.78 is 1.66. The van der Waals surface area contributed by atoms with Crippen LogP contribution in [0.5, 0.6) is 0 Å². The second kappa shape index (κ2) is 9.18. The van der Waals surface area contributed by atoms with Crippen molar-refractivity contribution in [3.8, 4) is 0 Å². The minimum atomic E-state index is -1.02. The molecule has 8 nitrogen and oxygen atoms in total. The summed E-state index contributed by atoms with van der Waals surface area (Å²) in [6.45, 7) is 1.09. The predicted octanol–water partition coefficient (Wildman–Crippen LogP) is 0.174. The van der Waals surface area contributed by atoms with Crippen LogP contribution < -0.4 is 10.6 Å². The van der Waals surface area contributed by atoms with Crippen molar-refractivity contribution in [3.63, 3.8) is 0 Å². The number of carbonyl (C=O) groups is 2. The molecule has 0 saturated carbocycles. The summed E-state index contributed by atoms with van der Waals surface area (Å²) in [5.41, 5.74) is 0. The first-order chi connectivity index (χ1) is 9.63. The number of aryl methyl sites for hydroxylation is 1. The Morgan fingerprint density at radius 1 is 1.50 bits per heavy atom. The molecule has 1 aromatic heterocycles. The lowest BCUT2D eigenvalue weighted by Gasteiger charge is -2.14. The molecule has 0 radical (unpaired) electrons. The Morgan fingerprint density at radius 2 is 2.30 bits per heavy atom. The van der Waals surface area contributed by atoms with Crippen molar-refractivity contribution in [2.75, 3.05) is 18.6 Å². The van der Waals surface area contributed by atoms with E-state index in [-0.39, 0.29) is 0 Å². The van der Waals surface area contributed by atoms with E-state index in [1.807, 2.05) is 6.26 Å². The monoisotopic (exact) mass is 301 g/mol. The Bertz CT molecular complexity index is 412. The SMILES string of the molecule is CSCCC(NC(=O)NCCCn1ccnn1)C(=O)O. The summed E-state index contributed by atoms with van der Waals surface area (Å²) in [6.07, 6.45) is 6.32. The molecule has 9 heteroatoms. The van der Waals surface area contributed by atoms with Crippen LogP contribution in [0.2, 0.25) is 0 Å². The molecule has 0 aliphatic heterocycles. The largest absolute Gasteiger partial charge is 0.480 e. The number of aliphatic carboxylic acids is 1. The number of carboxylic acids is 1. The van der Waals surface area contributed by atoms with Gasteiger partial charge in [-0.05, 0) is 24.9 Å². The van der Waals surface area contributed by atoms with Gasteiger partial charge in [-0.25, -0.2) is 9.59 Å². The molecule has 0 saturated heterocycles. The van der Waals surface area contributed by atoms with E-state index in [2.05, 4.69) is 20.9 Å². The number of hydrogen-bond acceptors (Lipinski definition) is 5. The van der Waals surface area contributed by atoms with Gasteiger partial charge in [0.15, 0.2) is 0 Å². The van der Waals surface area contributed by atoms with Crippen molar-refractivity contribution < 1.29 is 14.7 Å². The molecule has 0 aromatic carbocycles. The number of carbonyl (C=O) groups excluding carboxylic acids is 1. The molecule has 1 unspecified atom stereocenters. The average molecular weight is 301 g/mol. The third kappa shape index (κ3) is 6.41. The highest BCUT2D eigenvalue weighted by atomic mass is 32.2. The summed E-state index contributed by atoms with van der Waals surface area (Å²) in [7, 11) is 0. The lowest BCUT2D eigenvalue weighted by atomic mass is 10.2. The zero-order valence-corrected chi connectivity index (χ0v) is 12.1. The van der Waals surface area contributed by atoms with E-state index in [0.29, 0.717) is 31.7 Å². The summed E-state index contributed by atoms with van der Waals surface area (Å²) in [6, 6.07) is -1.31. The van der Waals surface area contributed by atoms with Gasteiger partial charge in [-0.15, -0.1) is 5.10 Å². The van der Waals surface area contributed by atoms with E-state index in [0.717, 1.165) is 0 Å². The maximum Gasteiger partial charge on any atom is 0.326 e. The lowest BCUT2D eigenvalue weighted by Crippen LogP contribution is -2.46. The minimum absolute atomic E-state index is 0.406. The topological polar surface area (TPSA) is 109 Å². The molecule has 1 atom stereocenters. The van der Waals surface area contributed by atoms with Crippen LogP contribution in [0.3, 0.4) is 0 Å². The third-order valence-electron chi connectivity index (χ3n) is 2.54. The van der Waals surface area contributed by atoms with Gasteiger partial charge in [-0.3, -0.25) is 4.68 Å². The molecule has 20 heavy (non-hydrogen) atoms. The Kier molecular flexibility index (Phi) is 7.48. The Balaban J connectivity index is 2.18. The van der Waals surface area contributed by atoms with Crippen LogP contribution in [0.1, 0.15) is 12.8 Å². The van der Waals surface area contributed by atoms with Crippen molar-refractivity contribution >= 4 is 23.8 Å². The molecule has 1 heterocycles. The molecule has 0 aliphatic rings. The van der Waals surface area contributed by atoms with Gasteiger partial charge in [0.1, 0.15) is 6.04 Å². The van der Waals surface area contributed by atoms with E-state index in [1.165, 1.54) is 0 Å². The summed E-state index contributed by atoms with van der Waals surface area (Å²) >= 11 is 1.54. The van der Waals surface area contributed by atoms with E-state index in [4.69, 9.17) is 5.11 Å². The zero-order valence-electron chi connectivity index (χ0n) is 11.3. The van der Waals surface area contributed by atoms with Crippen LogP contribution in [0.25, 0.3) is 0 Å². The van der Waals surface area contributed by atoms with Gasteiger partial charge < -0.3 is 15.7 Å². The summed E-state index contributed by atoms with van der Waals surface area (Å²) in [5, 5.41) is 21.5. The fourth-order valence-electron chi connectivity index (χ4n) is 1.50. The predicted molar refractivity (Wildman–Crippen MR) is 75.6 cm³/mol. The quantitative estimate of drug-likeness (QED) is 0.561. The Morgan fingerprint density at radius 3 is 2.90 bits per heavy atom. The van der Waals surface area contributed by atoms with Gasteiger partial charge in [0.25, 0.3) is 0 Å². The second-order valence-corrected chi connectivity index (χ2v) is 5.08. The molecule has 0 aliphatic carbocycles. The standard InChI is InChI=1S/C11H19N5O3S/c1-20-8-3-9(10(17)18)14-11(19)12-4-2-6-16-7-5-13-15-16/h5,7,9H,2-4,6,8H2,1H3,(H,17,18)(H2,12,14,19). The molecule has 1 rings (SSSR count). The van der Waals surface area contributed by atoms with Crippen LogP contribution in [0.15, 0.2) is 12.4 Å². The first-order valence-corrected chi connectivity index (χ1v) is 7.63. The Hall–Kier alpha value is -1.77. The molecule has 1 aromatic rings. The van der Waals surface area contributed by atoms with Gasteiger partial charge in [-0.2, -0.15) is 11.8 Å². The van der Waals surface area contributed by atoms with E-state index >= 15 is 0 Å². The van der Waals surface area contributed by atoms with Crippen molar-refractivity contribution in [1.82, 2.24) is 25.6 Å². The zero-order chi connectivity index (χ0) is 14.8. The van der Waals surface area contributed by atoms with Crippen molar-refractivity contribution in [3.05, 3.63) is 12.4 Å². The number of nitrogens with zero attached hydrogens (tertiary/aromatic N) is 3. The molecule has 3 N–H and O–H groups in total. The molecule has 2 amide bonds. The number of nitrogens with one attached hydrogen (secondary N) is 2. The highest BCUT2D eigenvalue weighted by molar-refractivity contribution is 7.98. The summed E-state index contributed by atoms with van der Waals surface area (Å²) in [4.78, 5) is 22.5. The smallest absolute Gasteiger partial charge is 0.326 e. The molecule has 0 spiro atoms. The number of amides is 2. The van der Waals surface area contributed by atoms with Gasteiger partial charge in [0.05, 0.1) is 6.20 Å². The van der Waals surface area contributed by atoms with E-state index in [9.17, 15) is 9.59 Å². The average Bonchev–Trinajstić information content (AvgIpc) is 2.92. The fraction of sp³-hybridized carbons (Fsp3) is 0.636. The second-order valence-electron chi connectivity index (χ2n) is 4.09. The van der Waals surface area contributed by atoms with Gasteiger partial charge in [0, 0.05) is 19.3 Å². The minimum Gasteiger partial charge on any atom is -0.480 e. The van der Waals surface area contributed by atoms with Gasteiger partial charge >= 0.3 is 12.0 Å². The number of thioether (sulfide) groups is 1. The number of urea groups is 1. The van der Waals surface area contributed by atoms with Crippen molar-refractivity contribution in [1.29, 1.82) is 0 Å². The van der Waals surface area contributed by atoms with Crippen molar-refractivity contribution in [2.45, 2.75) is 25.4 Å². The van der Waals surface area contributed by atoms with Gasteiger partial charge in [-0.1, -0.05) is 5.21 Å². The number of rotatable bonds is 9. The maximum absolute atomic E-state index is 11.6. The van der Waals surface area contributed by atoms with E-state index < -0.39 is 18.0 Å². The normalized spacial score (nSPS) is 11.8. The van der Waals surface area contributed by atoms with Crippen LogP contribution >= 0.6 is 11.8 Å². The van der Waals surface area contributed by atoms with Gasteiger partial charge in [0.2, 0.25) is 0 Å². The molecular weight excluding hydrogens is 282 g/mol. The van der Waals surface area contributed by atoms with Crippen LogP contribution in [-0.4, -0.2) is 56.7 Å². The third-order valence-corrected chi connectivity index (χ3v) is 3.18. The highest BCUT2D eigenvalue weighted by Gasteiger charge is 2.18. The van der Waals surface area contributed by atoms with Crippen LogP contribution in [-0.2, 0) is 11.3 Å². The molecule has 0 bridgehead atoms. The Labute approximate surface area is 121 Å². The van der Waals surface area contributed by atoms with Crippen LogP contribution in [0.4, 0.5) is 4.79 Å². The first kappa shape index (κ1) is 16.3. The molecular formula is C11H19N5O3S. The van der Waals surface area contributed by atoms with Crippen LogP contribution in [0, 0.1) is 0 Å². The first-order valence-electron chi connectivity index (χ1n) is 6.23.